The van der Waals surface area contributed by atoms with E-state index in [-0.39, 0.29) is 6.10 Å². The second-order valence-corrected chi connectivity index (χ2v) is 7.81. The zero-order valence-electron chi connectivity index (χ0n) is 16.5. The molecule has 1 aliphatic carbocycles. The lowest BCUT2D eigenvalue weighted by Crippen LogP contribution is -2.35. The van der Waals surface area contributed by atoms with Gasteiger partial charge in [-0.1, -0.05) is 6.07 Å². The number of carbonyl (C=O) groups excluding carboxylic acids is 1. The van der Waals surface area contributed by atoms with Crippen molar-refractivity contribution in [1.29, 1.82) is 0 Å². The predicted octanol–water partition coefficient (Wildman–Crippen LogP) is 3.48. The van der Waals surface area contributed by atoms with E-state index < -0.39 is 6.09 Å². The molecule has 2 aromatic rings. The average molecular weight is 381 g/mol. The van der Waals surface area contributed by atoms with Crippen LogP contribution in [0.15, 0.2) is 24.4 Å². The number of piperidine rings is 1. The normalized spacial score (nSPS) is 17.4. The molecule has 6 heteroatoms. The fourth-order valence-corrected chi connectivity index (χ4v) is 4.32. The van der Waals surface area contributed by atoms with Gasteiger partial charge in [0, 0.05) is 30.9 Å². The molecule has 0 radical (unpaired) electrons. The molecule has 0 spiro atoms. The molecule has 1 fully saturated rings. The number of fused-ring (bicyclic) bond motifs is 1. The lowest BCUT2D eigenvalue weighted by atomic mass is 9.94. The number of nitrogens with two attached hydrogens (primary N) is 1. The van der Waals surface area contributed by atoms with Gasteiger partial charge in [-0.25, -0.2) is 9.78 Å². The smallest absolute Gasteiger partial charge is 0.409 e. The van der Waals surface area contributed by atoms with Crippen molar-refractivity contribution in [3.8, 4) is 22.8 Å². The van der Waals surface area contributed by atoms with E-state index >= 15 is 0 Å². The maximum absolute atomic E-state index is 11.6. The van der Waals surface area contributed by atoms with Crippen molar-refractivity contribution in [2.75, 3.05) is 20.1 Å². The summed E-state index contributed by atoms with van der Waals surface area (Å²) in [5.41, 5.74) is 10.6. The Morgan fingerprint density at radius 2 is 2.04 bits per heavy atom. The molecule has 0 unspecified atom stereocenters. The van der Waals surface area contributed by atoms with E-state index in [0.29, 0.717) is 11.6 Å². The van der Waals surface area contributed by atoms with Gasteiger partial charge in [0.05, 0.1) is 0 Å². The standard InChI is InChI=1S/C22H27N3O3/c1-14-12-15-4-3-5-18(15)21(28-22(23)26)20(14)16-6-9-24-19(13-16)27-17-7-10-25(2)11-8-17/h6,9,12-13,17H,3-5,7-8,10-11H2,1-2H3,(H2,23,26). The highest BCUT2D eigenvalue weighted by Crippen LogP contribution is 2.42. The Kier molecular flexibility index (Phi) is 5.22. The zero-order chi connectivity index (χ0) is 19.7. The molecular weight excluding hydrogens is 354 g/mol. The number of carbonyl (C=O) groups is 1. The van der Waals surface area contributed by atoms with Crippen LogP contribution < -0.4 is 15.2 Å². The Morgan fingerprint density at radius 3 is 2.79 bits per heavy atom. The summed E-state index contributed by atoms with van der Waals surface area (Å²) in [5, 5.41) is 0. The van der Waals surface area contributed by atoms with Gasteiger partial charge in [0.25, 0.3) is 0 Å². The minimum Gasteiger partial charge on any atom is -0.474 e. The molecule has 1 saturated heterocycles. The van der Waals surface area contributed by atoms with Crippen molar-refractivity contribution >= 4 is 6.09 Å². The molecule has 1 amide bonds. The van der Waals surface area contributed by atoms with Crippen molar-refractivity contribution in [2.45, 2.75) is 45.1 Å². The first-order valence-electron chi connectivity index (χ1n) is 9.95. The number of aryl methyl sites for hydroxylation is 2. The van der Waals surface area contributed by atoms with Gasteiger partial charge in [0.15, 0.2) is 0 Å². The third-order valence-electron chi connectivity index (χ3n) is 5.73. The Hall–Kier alpha value is -2.60. The van der Waals surface area contributed by atoms with E-state index in [4.69, 9.17) is 15.2 Å². The molecule has 1 aliphatic heterocycles. The molecule has 28 heavy (non-hydrogen) atoms. The lowest BCUT2D eigenvalue weighted by Gasteiger charge is -2.29. The Labute approximate surface area is 165 Å². The maximum atomic E-state index is 11.6. The van der Waals surface area contributed by atoms with E-state index in [1.807, 2.05) is 19.1 Å². The number of likely N-dealkylation sites (tertiary alicyclic amines) is 1. The quantitative estimate of drug-likeness (QED) is 0.877. The molecule has 6 nitrogen and oxygen atoms in total. The molecule has 1 aromatic carbocycles. The minimum absolute atomic E-state index is 0.182. The minimum atomic E-state index is -0.780. The third-order valence-corrected chi connectivity index (χ3v) is 5.73. The van der Waals surface area contributed by atoms with Crippen molar-refractivity contribution in [1.82, 2.24) is 9.88 Å². The SMILES string of the molecule is Cc1cc2c(c(OC(N)=O)c1-c1ccnc(OC3CCN(C)CC3)c1)CCC2. The average Bonchev–Trinajstić information content (AvgIpc) is 3.12. The Balaban J connectivity index is 1.68. The number of hydrogen-bond donors (Lipinski definition) is 1. The topological polar surface area (TPSA) is 77.7 Å². The summed E-state index contributed by atoms with van der Waals surface area (Å²) in [6.07, 6.45) is 6.11. The van der Waals surface area contributed by atoms with Crippen molar-refractivity contribution < 1.29 is 14.3 Å². The lowest BCUT2D eigenvalue weighted by molar-refractivity contribution is 0.110. The van der Waals surface area contributed by atoms with Crippen LogP contribution in [-0.2, 0) is 12.8 Å². The number of pyridine rings is 1. The second-order valence-electron chi connectivity index (χ2n) is 7.81. The van der Waals surface area contributed by atoms with Crippen LogP contribution in [0.25, 0.3) is 11.1 Å². The number of amides is 1. The van der Waals surface area contributed by atoms with E-state index in [0.717, 1.165) is 67.4 Å². The van der Waals surface area contributed by atoms with Crippen LogP contribution in [0.3, 0.4) is 0 Å². The summed E-state index contributed by atoms with van der Waals surface area (Å²) < 4.78 is 11.6. The second kappa shape index (κ2) is 7.80. The number of ether oxygens (including phenoxy) is 2. The van der Waals surface area contributed by atoms with Gasteiger partial charge in [0.1, 0.15) is 11.9 Å². The summed E-state index contributed by atoms with van der Waals surface area (Å²) in [6.45, 7) is 4.11. The molecule has 0 saturated carbocycles. The van der Waals surface area contributed by atoms with Crippen molar-refractivity contribution in [3.63, 3.8) is 0 Å². The largest absolute Gasteiger partial charge is 0.474 e. The number of primary amides is 1. The van der Waals surface area contributed by atoms with Crippen molar-refractivity contribution in [2.24, 2.45) is 5.73 Å². The third kappa shape index (κ3) is 3.83. The van der Waals surface area contributed by atoms with Gasteiger partial charge < -0.3 is 20.1 Å². The summed E-state index contributed by atoms with van der Waals surface area (Å²) in [7, 11) is 2.13. The van der Waals surface area contributed by atoms with Crippen LogP contribution >= 0.6 is 0 Å². The van der Waals surface area contributed by atoms with E-state index in [2.05, 4.69) is 23.0 Å². The fraction of sp³-hybridized carbons (Fsp3) is 0.455. The van der Waals surface area contributed by atoms with Crippen LogP contribution in [0, 0.1) is 6.92 Å². The molecule has 148 valence electrons. The van der Waals surface area contributed by atoms with Crippen LogP contribution in [0.4, 0.5) is 4.79 Å². The number of benzene rings is 1. The highest BCUT2D eigenvalue weighted by molar-refractivity contribution is 5.81. The summed E-state index contributed by atoms with van der Waals surface area (Å²) >= 11 is 0. The highest BCUT2D eigenvalue weighted by Gasteiger charge is 2.24. The van der Waals surface area contributed by atoms with Gasteiger partial charge in [-0.15, -0.1) is 0 Å². The molecule has 2 heterocycles. The van der Waals surface area contributed by atoms with E-state index in [1.54, 1.807) is 6.20 Å². The number of nitrogens with zero attached hydrogens (tertiary/aromatic N) is 2. The van der Waals surface area contributed by atoms with Crippen LogP contribution in [-0.4, -0.2) is 42.2 Å². The van der Waals surface area contributed by atoms with Gasteiger partial charge >= 0.3 is 6.09 Å². The highest BCUT2D eigenvalue weighted by atomic mass is 16.5. The predicted molar refractivity (Wildman–Crippen MR) is 108 cm³/mol. The first-order valence-corrected chi connectivity index (χ1v) is 9.95. The molecule has 0 atom stereocenters. The number of hydrogen-bond acceptors (Lipinski definition) is 5. The summed E-state index contributed by atoms with van der Waals surface area (Å²) in [5.74, 6) is 1.20. The summed E-state index contributed by atoms with van der Waals surface area (Å²) in [6, 6.07) is 6.07. The van der Waals surface area contributed by atoms with Crippen LogP contribution in [0.5, 0.6) is 11.6 Å². The molecular formula is C22H27N3O3. The van der Waals surface area contributed by atoms with Crippen molar-refractivity contribution in [3.05, 3.63) is 41.1 Å². The first-order chi connectivity index (χ1) is 13.5. The molecule has 2 N–H and O–H groups in total. The number of aromatic nitrogens is 1. The van der Waals surface area contributed by atoms with Crippen LogP contribution in [0.2, 0.25) is 0 Å². The fourth-order valence-electron chi connectivity index (χ4n) is 4.32. The van der Waals surface area contributed by atoms with Gasteiger partial charge in [0.2, 0.25) is 5.88 Å². The maximum Gasteiger partial charge on any atom is 0.409 e. The zero-order valence-corrected chi connectivity index (χ0v) is 16.5. The van der Waals surface area contributed by atoms with E-state index in [1.165, 1.54) is 5.56 Å². The number of rotatable bonds is 4. The van der Waals surface area contributed by atoms with Gasteiger partial charge in [-0.3, -0.25) is 0 Å². The molecule has 2 aliphatic rings. The molecule has 4 rings (SSSR count). The molecule has 1 aromatic heterocycles. The Morgan fingerprint density at radius 1 is 1.25 bits per heavy atom. The first kappa shape index (κ1) is 18.7. The summed E-state index contributed by atoms with van der Waals surface area (Å²) in [4.78, 5) is 18.3. The van der Waals surface area contributed by atoms with E-state index in [9.17, 15) is 4.79 Å². The van der Waals surface area contributed by atoms with Gasteiger partial charge in [-0.05, 0) is 74.4 Å². The van der Waals surface area contributed by atoms with Gasteiger partial charge in [-0.2, -0.15) is 0 Å². The molecule has 0 bridgehead atoms. The Bertz CT molecular complexity index is 889. The van der Waals surface area contributed by atoms with Crippen LogP contribution in [0.1, 0.15) is 36.0 Å². The monoisotopic (exact) mass is 381 g/mol.